The van der Waals surface area contributed by atoms with Gasteiger partial charge in [0.05, 0.1) is 11.9 Å². The number of rotatable bonds is 10. The molecule has 3 heterocycles. The van der Waals surface area contributed by atoms with Crippen LogP contribution in [-0.2, 0) is 14.4 Å². The Bertz CT molecular complexity index is 1900. The molecule has 11 nitrogen and oxygen atoms in total. The van der Waals surface area contributed by atoms with E-state index < -0.39 is 11.9 Å². The summed E-state index contributed by atoms with van der Waals surface area (Å²) in [5, 5.41) is 8.83. The second kappa shape index (κ2) is 16.2. The Balaban J connectivity index is 0.00000214. The standard InChI is InChI=1S/C42H52F2N8O3.3H2/c1-50(32-14-9-30(10-15-32)47-42-45-25-35(44)39(49-42)29-4-2-3-28(23-29)26-5-6-26)41(55)27-7-12-33(13-8-27)51-19-21-52(22-20-51)37-17-11-31(24-34(37)43)46-36-16-18-38(53)48-40(36)54;;;/h2-4,11,17,23-27,30,32-33,36,46H,5-10,12-16,18-22H2,1H3,(H,45,47,49)(H,48,53,54);3*1H. The summed E-state index contributed by atoms with van der Waals surface area (Å²) in [4.78, 5) is 52.6. The number of benzene rings is 2. The Morgan fingerprint density at radius 1 is 0.873 bits per heavy atom. The second-order valence-corrected chi connectivity index (χ2v) is 16.2. The van der Waals surface area contributed by atoms with E-state index in [1.807, 2.05) is 24.1 Å². The molecule has 1 atom stereocenters. The van der Waals surface area contributed by atoms with Crippen LogP contribution in [0.4, 0.5) is 26.1 Å². The van der Waals surface area contributed by atoms with Crippen molar-refractivity contribution in [2.75, 3.05) is 48.8 Å². The third kappa shape index (κ3) is 8.61. The van der Waals surface area contributed by atoms with Gasteiger partial charge in [-0.2, -0.15) is 0 Å². The fraction of sp³-hybridized carbons (Fsp3) is 0.548. The molecule has 8 rings (SSSR count). The fourth-order valence-corrected chi connectivity index (χ4v) is 9.16. The molecule has 5 aliphatic rings. The molecule has 0 bridgehead atoms. The first-order valence-electron chi connectivity index (χ1n) is 20.2. The zero-order valence-corrected chi connectivity index (χ0v) is 31.6. The molecule has 1 unspecified atom stereocenters. The Morgan fingerprint density at radius 2 is 1.64 bits per heavy atom. The van der Waals surface area contributed by atoms with Gasteiger partial charge in [-0.3, -0.25) is 24.6 Å². The lowest BCUT2D eigenvalue weighted by molar-refractivity contribution is -0.138. The topological polar surface area (TPSA) is 123 Å². The van der Waals surface area contributed by atoms with E-state index in [0.717, 1.165) is 83.1 Å². The third-order valence-electron chi connectivity index (χ3n) is 12.6. The summed E-state index contributed by atoms with van der Waals surface area (Å²) in [6.07, 6.45) is 11.6. The molecule has 2 aromatic carbocycles. The van der Waals surface area contributed by atoms with Gasteiger partial charge in [-0.05, 0) is 106 Å². The quantitative estimate of drug-likeness (QED) is 0.191. The first kappa shape index (κ1) is 37.3. The Hall–Kier alpha value is -4.65. The maximum atomic E-state index is 15.2. The number of anilines is 3. The van der Waals surface area contributed by atoms with Crippen LogP contribution in [0.5, 0.6) is 0 Å². The molecule has 298 valence electrons. The average Bonchev–Trinajstić information content (AvgIpc) is 4.06. The minimum Gasteiger partial charge on any atom is -0.374 e. The molecule has 2 aliphatic heterocycles. The van der Waals surface area contributed by atoms with E-state index in [1.165, 1.54) is 30.7 Å². The molecule has 3 aromatic rings. The van der Waals surface area contributed by atoms with Gasteiger partial charge in [-0.15, -0.1) is 0 Å². The molecule has 3 N–H and O–H groups in total. The van der Waals surface area contributed by atoms with Gasteiger partial charge in [-0.25, -0.2) is 18.7 Å². The zero-order chi connectivity index (χ0) is 38.1. The van der Waals surface area contributed by atoms with Crippen LogP contribution in [0.3, 0.4) is 0 Å². The highest BCUT2D eigenvalue weighted by Crippen LogP contribution is 2.41. The summed E-state index contributed by atoms with van der Waals surface area (Å²) in [6.45, 7) is 3.12. The predicted molar refractivity (Wildman–Crippen MR) is 214 cm³/mol. The molecule has 1 aromatic heterocycles. The number of hydrogen-bond donors (Lipinski definition) is 3. The summed E-state index contributed by atoms with van der Waals surface area (Å²) < 4.78 is 30.0. The number of carbonyl (C=O) groups excluding carboxylic acids is 3. The number of nitrogens with one attached hydrogen (secondary N) is 3. The van der Waals surface area contributed by atoms with Gasteiger partial charge in [0.1, 0.15) is 17.6 Å². The SMILES string of the molecule is CN(C(=O)C1CCC(N2CCN(c3ccc(NC4CCC(=O)NC4=O)cc3F)CC2)CC1)C1CCC(Nc2ncc(F)c(-c3cccc(C4CC4)c3)n2)CC1.[HH].[HH].[HH]. The van der Waals surface area contributed by atoms with Gasteiger partial charge < -0.3 is 20.4 Å². The number of hydrogen-bond acceptors (Lipinski definition) is 9. The van der Waals surface area contributed by atoms with E-state index in [4.69, 9.17) is 0 Å². The van der Waals surface area contributed by atoms with E-state index >= 15 is 4.39 Å². The van der Waals surface area contributed by atoms with Crippen LogP contribution in [0.25, 0.3) is 11.3 Å². The summed E-state index contributed by atoms with van der Waals surface area (Å²) in [6, 6.07) is 13.3. The Kier molecular flexibility index (Phi) is 11.0. The van der Waals surface area contributed by atoms with Crippen molar-refractivity contribution in [3.8, 4) is 11.3 Å². The molecule has 3 amide bonds. The summed E-state index contributed by atoms with van der Waals surface area (Å²) in [7, 11) is 1.97. The predicted octanol–water partition coefficient (Wildman–Crippen LogP) is 6.82. The Morgan fingerprint density at radius 3 is 2.35 bits per heavy atom. The lowest BCUT2D eigenvalue weighted by Gasteiger charge is -2.43. The summed E-state index contributed by atoms with van der Waals surface area (Å²) in [5.41, 5.74) is 3.43. The number of halogens is 2. The number of piperazine rings is 1. The second-order valence-electron chi connectivity index (χ2n) is 16.2. The number of piperidine rings is 1. The van der Waals surface area contributed by atoms with Crippen molar-refractivity contribution >= 4 is 35.0 Å². The first-order chi connectivity index (χ1) is 26.7. The van der Waals surface area contributed by atoms with Crippen molar-refractivity contribution < 1.29 is 27.4 Å². The minimum absolute atomic E-state index is 0. The van der Waals surface area contributed by atoms with Crippen LogP contribution in [-0.4, -0.2) is 94.9 Å². The third-order valence-corrected chi connectivity index (χ3v) is 12.6. The summed E-state index contributed by atoms with van der Waals surface area (Å²) >= 11 is 0. The van der Waals surface area contributed by atoms with Crippen molar-refractivity contribution in [2.45, 2.75) is 107 Å². The smallest absolute Gasteiger partial charge is 0.249 e. The van der Waals surface area contributed by atoms with E-state index in [1.54, 1.807) is 12.1 Å². The molecular weight excluding hydrogens is 703 g/mol. The molecule has 3 saturated carbocycles. The van der Waals surface area contributed by atoms with Crippen molar-refractivity contribution in [2.24, 2.45) is 5.92 Å². The summed E-state index contributed by atoms with van der Waals surface area (Å²) in [5.74, 6) is -0.0853. The molecule has 0 radical (unpaired) electrons. The monoisotopic (exact) mass is 760 g/mol. The number of nitrogens with zero attached hydrogens (tertiary/aromatic N) is 5. The van der Waals surface area contributed by atoms with Crippen molar-refractivity contribution in [3.63, 3.8) is 0 Å². The molecule has 0 spiro atoms. The van der Waals surface area contributed by atoms with E-state index in [2.05, 4.69) is 47.9 Å². The highest BCUT2D eigenvalue weighted by Gasteiger charge is 2.35. The number of carbonyl (C=O) groups is 3. The van der Waals surface area contributed by atoms with Crippen LogP contribution < -0.4 is 20.9 Å². The van der Waals surface area contributed by atoms with Crippen molar-refractivity contribution in [3.05, 3.63) is 65.9 Å². The van der Waals surface area contributed by atoms with Gasteiger partial charge in [0.15, 0.2) is 5.82 Å². The minimum atomic E-state index is -0.555. The van der Waals surface area contributed by atoms with E-state index in [9.17, 15) is 18.8 Å². The molecule has 5 fully saturated rings. The van der Waals surface area contributed by atoms with Crippen molar-refractivity contribution in [1.82, 2.24) is 25.1 Å². The van der Waals surface area contributed by atoms with Gasteiger partial charge >= 0.3 is 0 Å². The first-order valence-corrected chi connectivity index (χ1v) is 20.2. The molecule has 2 saturated heterocycles. The molecule has 3 aliphatic carbocycles. The largest absolute Gasteiger partial charge is 0.374 e. The van der Waals surface area contributed by atoms with Crippen LogP contribution in [0.2, 0.25) is 0 Å². The Labute approximate surface area is 326 Å². The van der Waals surface area contributed by atoms with Crippen molar-refractivity contribution in [1.29, 1.82) is 0 Å². The van der Waals surface area contributed by atoms with Crippen LogP contribution in [0.1, 0.15) is 92.8 Å². The highest BCUT2D eigenvalue weighted by molar-refractivity contribution is 6.01. The van der Waals surface area contributed by atoms with Gasteiger partial charge in [0.25, 0.3) is 0 Å². The van der Waals surface area contributed by atoms with Gasteiger partial charge in [-0.1, -0.05) is 18.2 Å². The zero-order valence-electron chi connectivity index (χ0n) is 31.6. The van der Waals surface area contributed by atoms with E-state index in [-0.39, 0.29) is 52.2 Å². The highest BCUT2D eigenvalue weighted by atomic mass is 19.1. The molecule has 13 heteroatoms. The van der Waals surface area contributed by atoms with E-state index in [0.29, 0.717) is 41.4 Å². The normalized spacial score (nSPS) is 26.3. The maximum absolute atomic E-state index is 15.2. The molecular formula is C42H58F2N8O3. The van der Waals surface area contributed by atoms with Gasteiger partial charge in [0, 0.05) is 79.2 Å². The number of amides is 3. The lowest BCUT2D eigenvalue weighted by atomic mass is 9.83. The van der Waals surface area contributed by atoms with Gasteiger partial charge in [0.2, 0.25) is 23.7 Å². The molecule has 55 heavy (non-hydrogen) atoms. The van der Waals surface area contributed by atoms with Crippen LogP contribution in [0.15, 0.2) is 48.7 Å². The lowest BCUT2D eigenvalue weighted by Crippen LogP contribution is -2.52. The number of aromatic nitrogens is 2. The maximum Gasteiger partial charge on any atom is 0.249 e. The fourth-order valence-electron chi connectivity index (χ4n) is 9.16. The van der Waals surface area contributed by atoms with Crippen LogP contribution in [0, 0.1) is 17.6 Å². The average molecular weight is 761 g/mol. The van der Waals surface area contributed by atoms with Crippen LogP contribution >= 0.6 is 0 Å². The number of imide groups is 1.